The van der Waals surface area contributed by atoms with Crippen LogP contribution in [0.4, 0.5) is 0 Å². The molecule has 5 rings (SSSR count). The minimum atomic E-state index is -1.42. The number of benzene rings is 4. The standard InChI is InChI=1S/C29H23NO3S/c1-19-9-6-7-14-26(19)34-23-13-8-12-22(18-23)29(28(32)33-2)25-17-21(20-10-4-3-5-11-20)15-16-24(25)27(31)30-29/h3-18H,1-2H3,(H,30,31). The molecule has 0 saturated carbocycles. The van der Waals surface area contributed by atoms with E-state index in [4.69, 9.17) is 4.74 Å². The Morgan fingerprint density at radius 1 is 0.853 bits per heavy atom. The number of esters is 1. The Bertz CT molecular complexity index is 1400. The number of amides is 1. The van der Waals surface area contributed by atoms with Crippen LogP contribution in [-0.2, 0) is 15.1 Å². The molecule has 4 aromatic carbocycles. The van der Waals surface area contributed by atoms with Gasteiger partial charge in [0.05, 0.1) is 7.11 Å². The van der Waals surface area contributed by atoms with Gasteiger partial charge >= 0.3 is 5.97 Å². The molecule has 0 saturated heterocycles. The predicted octanol–water partition coefficient (Wildman–Crippen LogP) is 5.97. The Balaban J connectivity index is 1.66. The first kappa shape index (κ1) is 22.0. The predicted molar refractivity (Wildman–Crippen MR) is 134 cm³/mol. The number of ether oxygens (including phenoxy) is 1. The van der Waals surface area contributed by atoms with E-state index in [-0.39, 0.29) is 5.91 Å². The van der Waals surface area contributed by atoms with Crippen molar-refractivity contribution < 1.29 is 14.3 Å². The van der Waals surface area contributed by atoms with Gasteiger partial charge in [0.2, 0.25) is 0 Å². The second-order valence-electron chi connectivity index (χ2n) is 8.22. The zero-order valence-corrected chi connectivity index (χ0v) is 19.7. The monoisotopic (exact) mass is 465 g/mol. The molecule has 1 amide bonds. The summed E-state index contributed by atoms with van der Waals surface area (Å²) in [4.78, 5) is 28.5. The molecule has 34 heavy (non-hydrogen) atoms. The van der Waals surface area contributed by atoms with Gasteiger partial charge in [0.15, 0.2) is 5.54 Å². The van der Waals surface area contributed by atoms with Crippen LogP contribution in [0.5, 0.6) is 0 Å². The number of hydrogen-bond donors (Lipinski definition) is 1. The van der Waals surface area contributed by atoms with E-state index < -0.39 is 11.5 Å². The number of carbonyl (C=O) groups excluding carboxylic acids is 2. The molecule has 0 aliphatic carbocycles. The quantitative estimate of drug-likeness (QED) is 0.369. The Kier molecular flexibility index (Phi) is 5.72. The maximum atomic E-state index is 13.4. The van der Waals surface area contributed by atoms with Gasteiger partial charge in [0.25, 0.3) is 5.91 Å². The normalized spacial score (nSPS) is 16.6. The maximum Gasteiger partial charge on any atom is 0.341 e. The molecule has 0 fully saturated rings. The van der Waals surface area contributed by atoms with Crippen molar-refractivity contribution in [2.24, 2.45) is 0 Å². The molecule has 1 heterocycles. The molecule has 0 radical (unpaired) electrons. The Hall–Kier alpha value is -3.83. The van der Waals surface area contributed by atoms with E-state index in [1.54, 1.807) is 17.8 Å². The van der Waals surface area contributed by atoms with Crippen molar-refractivity contribution in [1.29, 1.82) is 0 Å². The number of fused-ring (bicyclic) bond motifs is 1. The van der Waals surface area contributed by atoms with Crippen molar-refractivity contribution in [2.75, 3.05) is 7.11 Å². The van der Waals surface area contributed by atoms with Crippen molar-refractivity contribution in [1.82, 2.24) is 5.32 Å². The summed E-state index contributed by atoms with van der Waals surface area (Å²) in [5.41, 5.74) is 3.42. The highest BCUT2D eigenvalue weighted by Crippen LogP contribution is 2.42. The van der Waals surface area contributed by atoms with Crippen molar-refractivity contribution in [3.8, 4) is 11.1 Å². The molecule has 4 aromatic rings. The summed E-state index contributed by atoms with van der Waals surface area (Å²) in [6, 6.07) is 31.4. The highest BCUT2D eigenvalue weighted by molar-refractivity contribution is 7.99. The summed E-state index contributed by atoms with van der Waals surface area (Å²) in [6.07, 6.45) is 0. The van der Waals surface area contributed by atoms with Crippen LogP contribution in [0, 0.1) is 6.92 Å². The van der Waals surface area contributed by atoms with Crippen LogP contribution in [0.1, 0.15) is 27.0 Å². The van der Waals surface area contributed by atoms with Crippen molar-refractivity contribution in [2.45, 2.75) is 22.3 Å². The van der Waals surface area contributed by atoms with Gasteiger partial charge in [-0.25, -0.2) is 4.79 Å². The van der Waals surface area contributed by atoms with E-state index >= 15 is 0 Å². The second-order valence-corrected chi connectivity index (χ2v) is 9.33. The molecule has 0 aromatic heterocycles. The van der Waals surface area contributed by atoms with Gasteiger partial charge in [-0.3, -0.25) is 4.79 Å². The van der Waals surface area contributed by atoms with Gasteiger partial charge in [0, 0.05) is 20.9 Å². The largest absolute Gasteiger partial charge is 0.467 e. The molecule has 1 atom stereocenters. The molecular formula is C29H23NO3S. The highest BCUT2D eigenvalue weighted by Gasteiger charge is 2.51. The lowest BCUT2D eigenvalue weighted by molar-refractivity contribution is -0.146. The number of rotatable bonds is 5. The van der Waals surface area contributed by atoms with Crippen LogP contribution in [0.25, 0.3) is 11.1 Å². The molecule has 1 N–H and O–H groups in total. The number of methoxy groups -OCH3 is 1. The van der Waals surface area contributed by atoms with E-state index in [1.807, 2.05) is 78.9 Å². The molecule has 1 unspecified atom stereocenters. The van der Waals surface area contributed by atoms with Crippen molar-refractivity contribution in [3.63, 3.8) is 0 Å². The molecule has 5 heteroatoms. The minimum Gasteiger partial charge on any atom is -0.467 e. The fraction of sp³-hybridized carbons (Fsp3) is 0.103. The third-order valence-electron chi connectivity index (χ3n) is 6.16. The summed E-state index contributed by atoms with van der Waals surface area (Å²) in [5.74, 6) is -0.820. The molecule has 1 aliphatic heterocycles. The van der Waals surface area contributed by atoms with E-state index in [1.165, 1.54) is 12.7 Å². The number of carbonyl (C=O) groups is 2. The molecule has 0 bridgehead atoms. The van der Waals surface area contributed by atoms with E-state index in [0.29, 0.717) is 16.7 Å². The third kappa shape index (κ3) is 3.68. The zero-order chi connectivity index (χ0) is 23.7. The number of aryl methyl sites for hydroxylation is 1. The zero-order valence-electron chi connectivity index (χ0n) is 18.9. The summed E-state index contributed by atoms with van der Waals surface area (Å²) in [5, 5.41) is 2.96. The molecule has 168 valence electrons. The first-order valence-corrected chi connectivity index (χ1v) is 11.8. The average Bonchev–Trinajstić information content (AvgIpc) is 3.18. The second kappa shape index (κ2) is 8.84. The van der Waals surface area contributed by atoms with Crippen LogP contribution in [0.2, 0.25) is 0 Å². The van der Waals surface area contributed by atoms with Crippen molar-refractivity contribution >= 4 is 23.6 Å². The number of nitrogens with one attached hydrogen (secondary N) is 1. The molecule has 4 nitrogen and oxygen atoms in total. The van der Waals surface area contributed by atoms with Gasteiger partial charge in [-0.2, -0.15) is 0 Å². The van der Waals surface area contributed by atoms with Crippen molar-refractivity contribution in [3.05, 3.63) is 119 Å². The topological polar surface area (TPSA) is 55.4 Å². The highest BCUT2D eigenvalue weighted by atomic mass is 32.2. The van der Waals surface area contributed by atoms with Crippen LogP contribution < -0.4 is 5.32 Å². The van der Waals surface area contributed by atoms with Gasteiger partial charge in [-0.15, -0.1) is 0 Å². The third-order valence-corrected chi connectivity index (χ3v) is 7.32. The minimum absolute atomic E-state index is 0.294. The Labute approximate surface area is 203 Å². The lowest BCUT2D eigenvalue weighted by Crippen LogP contribution is -2.48. The van der Waals surface area contributed by atoms with Crippen LogP contribution in [-0.4, -0.2) is 19.0 Å². The lowest BCUT2D eigenvalue weighted by atomic mass is 9.82. The van der Waals surface area contributed by atoms with Gasteiger partial charge in [-0.05, 0) is 59.5 Å². The smallest absolute Gasteiger partial charge is 0.341 e. The lowest BCUT2D eigenvalue weighted by Gasteiger charge is -2.28. The summed E-state index contributed by atoms with van der Waals surface area (Å²) in [6.45, 7) is 2.07. The maximum absolute atomic E-state index is 13.4. The fourth-order valence-corrected chi connectivity index (χ4v) is 5.38. The Morgan fingerprint density at radius 2 is 1.62 bits per heavy atom. The molecule has 1 aliphatic rings. The first-order chi connectivity index (χ1) is 16.5. The average molecular weight is 466 g/mol. The SMILES string of the molecule is COC(=O)C1(c2cccc(Sc3ccccc3C)c2)NC(=O)c2ccc(-c3ccccc3)cc21. The summed E-state index contributed by atoms with van der Waals surface area (Å²) >= 11 is 1.62. The summed E-state index contributed by atoms with van der Waals surface area (Å²) in [7, 11) is 1.35. The number of hydrogen-bond acceptors (Lipinski definition) is 4. The Morgan fingerprint density at radius 3 is 2.38 bits per heavy atom. The van der Waals surface area contributed by atoms with E-state index in [9.17, 15) is 9.59 Å². The molecule has 0 spiro atoms. The van der Waals surface area contributed by atoms with Gasteiger partial charge < -0.3 is 10.1 Å². The van der Waals surface area contributed by atoms with E-state index in [2.05, 4.69) is 24.4 Å². The van der Waals surface area contributed by atoms with Crippen LogP contribution in [0.15, 0.2) is 107 Å². The summed E-state index contributed by atoms with van der Waals surface area (Å²) < 4.78 is 5.26. The fourth-order valence-electron chi connectivity index (χ4n) is 4.42. The van der Waals surface area contributed by atoms with Crippen LogP contribution >= 0.6 is 11.8 Å². The molecular weight excluding hydrogens is 442 g/mol. The van der Waals surface area contributed by atoms with Gasteiger partial charge in [0.1, 0.15) is 0 Å². The first-order valence-electron chi connectivity index (χ1n) is 11.0. The van der Waals surface area contributed by atoms with E-state index in [0.717, 1.165) is 20.9 Å². The van der Waals surface area contributed by atoms with Crippen LogP contribution in [0.3, 0.4) is 0 Å². The van der Waals surface area contributed by atoms with Gasteiger partial charge in [-0.1, -0.05) is 78.5 Å².